The molecular formula is C21H30O5. The van der Waals surface area contributed by atoms with Crippen molar-refractivity contribution in [3.63, 3.8) is 0 Å². The highest BCUT2D eigenvalue weighted by Crippen LogP contribution is 2.61. The molecule has 5 nitrogen and oxygen atoms in total. The Hall–Kier alpha value is -0.930. The minimum Gasteiger partial charge on any atom is -0.346 e. The summed E-state index contributed by atoms with van der Waals surface area (Å²) in [4.78, 5) is 23.2. The average Bonchev–Trinajstić information content (AvgIpc) is 2.82. The molecule has 3 saturated heterocycles. The summed E-state index contributed by atoms with van der Waals surface area (Å²) in [6.45, 7) is 8.34. The molecule has 5 rings (SSSR count). The van der Waals surface area contributed by atoms with Crippen molar-refractivity contribution in [1.29, 1.82) is 0 Å². The van der Waals surface area contributed by atoms with Crippen LogP contribution in [0.1, 0.15) is 59.8 Å². The summed E-state index contributed by atoms with van der Waals surface area (Å²) in [6.07, 6.45) is 5.00. The summed E-state index contributed by atoms with van der Waals surface area (Å²) in [5.41, 5.74) is -0.630. The summed E-state index contributed by atoms with van der Waals surface area (Å²) in [5, 5.41) is 0. The lowest BCUT2D eigenvalue weighted by Gasteiger charge is -2.61. The molecule has 0 aromatic rings. The van der Waals surface area contributed by atoms with Gasteiger partial charge < -0.3 is 9.47 Å². The Kier molecular flexibility index (Phi) is 4.68. The smallest absolute Gasteiger partial charge is 0.202 e. The minimum absolute atomic E-state index is 0.0107. The van der Waals surface area contributed by atoms with Gasteiger partial charge in [-0.25, -0.2) is 9.78 Å². The molecule has 3 aliphatic heterocycles. The van der Waals surface area contributed by atoms with Gasteiger partial charge in [-0.2, -0.15) is 0 Å². The predicted octanol–water partition coefficient (Wildman–Crippen LogP) is 3.26. The number of hydrogen-bond acceptors (Lipinski definition) is 5. The number of rotatable bonds is 2. The van der Waals surface area contributed by atoms with Crippen molar-refractivity contribution in [2.24, 2.45) is 23.7 Å². The van der Waals surface area contributed by atoms with E-state index >= 15 is 0 Å². The molecule has 0 amide bonds. The van der Waals surface area contributed by atoms with Crippen molar-refractivity contribution in [1.82, 2.24) is 0 Å². The quantitative estimate of drug-likeness (QED) is 0.429. The van der Waals surface area contributed by atoms with Crippen LogP contribution in [-0.2, 0) is 24.0 Å². The van der Waals surface area contributed by atoms with Crippen molar-refractivity contribution in [3.8, 4) is 11.8 Å². The minimum atomic E-state index is -0.349. The highest BCUT2D eigenvalue weighted by Gasteiger charge is 2.68. The maximum atomic E-state index is 11.0. The second-order valence-electron chi connectivity index (χ2n) is 9.00. The molecule has 0 radical (unpaired) electrons. The van der Waals surface area contributed by atoms with Gasteiger partial charge in [0.15, 0.2) is 6.29 Å². The number of ketones is 1. The number of ether oxygens (including phenoxy) is 2. The largest absolute Gasteiger partial charge is 0.346 e. The number of hydrogen-bond donors (Lipinski definition) is 0. The van der Waals surface area contributed by atoms with Crippen LogP contribution in [0, 0.1) is 35.5 Å². The summed E-state index contributed by atoms with van der Waals surface area (Å²) >= 11 is 0. The van der Waals surface area contributed by atoms with Crippen molar-refractivity contribution in [3.05, 3.63) is 0 Å². The van der Waals surface area contributed by atoms with E-state index in [1.807, 2.05) is 0 Å². The molecule has 2 saturated carbocycles. The van der Waals surface area contributed by atoms with E-state index in [4.69, 9.17) is 19.2 Å². The lowest BCUT2D eigenvalue weighted by Crippen LogP contribution is -2.69. The molecule has 0 aromatic heterocycles. The number of carbonyl (C=O) groups is 1. The van der Waals surface area contributed by atoms with Gasteiger partial charge in [0.25, 0.3) is 0 Å². The van der Waals surface area contributed by atoms with Gasteiger partial charge in [0.2, 0.25) is 5.78 Å². The first-order chi connectivity index (χ1) is 12.4. The first-order valence-electron chi connectivity index (χ1n) is 9.99. The Morgan fingerprint density at radius 3 is 2.77 bits per heavy atom. The summed E-state index contributed by atoms with van der Waals surface area (Å²) in [6, 6.07) is 0. The third kappa shape index (κ3) is 2.82. The van der Waals surface area contributed by atoms with Crippen LogP contribution >= 0.6 is 0 Å². The third-order valence-electron chi connectivity index (χ3n) is 7.22. The monoisotopic (exact) mass is 362 g/mol. The van der Waals surface area contributed by atoms with Crippen molar-refractivity contribution in [2.75, 3.05) is 6.61 Å². The van der Waals surface area contributed by atoms with E-state index in [0.717, 1.165) is 25.7 Å². The lowest BCUT2D eigenvalue weighted by atomic mass is 9.56. The van der Waals surface area contributed by atoms with Crippen molar-refractivity contribution in [2.45, 2.75) is 83.4 Å². The maximum absolute atomic E-state index is 11.0. The van der Waals surface area contributed by atoms with Gasteiger partial charge in [0, 0.05) is 25.2 Å². The van der Waals surface area contributed by atoms with Crippen LogP contribution in [0.2, 0.25) is 0 Å². The Bertz CT molecular complexity index is 636. The second-order valence-corrected chi connectivity index (χ2v) is 9.00. The molecule has 0 aromatic carbocycles. The first kappa shape index (κ1) is 18.4. The molecule has 1 spiro atoms. The second kappa shape index (κ2) is 6.60. The van der Waals surface area contributed by atoms with E-state index in [9.17, 15) is 4.79 Å². The molecule has 26 heavy (non-hydrogen) atoms. The molecular weight excluding hydrogens is 332 g/mol. The van der Waals surface area contributed by atoms with Gasteiger partial charge in [-0.3, -0.25) is 4.79 Å². The first-order valence-corrected chi connectivity index (χ1v) is 9.99. The fraction of sp³-hybridized carbons (Fsp3) is 0.857. The fourth-order valence-electron chi connectivity index (χ4n) is 5.90. The molecule has 2 aliphatic carbocycles. The van der Waals surface area contributed by atoms with E-state index < -0.39 is 0 Å². The van der Waals surface area contributed by atoms with E-state index in [2.05, 4.69) is 32.6 Å². The van der Waals surface area contributed by atoms with Crippen LogP contribution in [0.5, 0.6) is 0 Å². The molecule has 144 valence electrons. The molecule has 8 atom stereocenters. The van der Waals surface area contributed by atoms with Crippen LogP contribution in [-0.4, -0.2) is 36.0 Å². The van der Waals surface area contributed by atoms with Gasteiger partial charge in [-0.1, -0.05) is 19.8 Å². The normalized spacial score (nSPS) is 49.5. The molecule has 3 unspecified atom stereocenters. The lowest BCUT2D eigenvalue weighted by molar-refractivity contribution is -0.495. The molecule has 0 N–H and O–H groups in total. The van der Waals surface area contributed by atoms with Gasteiger partial charge in [-0.05, 0) is 50.4 Å². The topological polar surface area (TPSA) is 54.0 Å². The predicted molar refractivity (Wildman–Crippen MR) is 94.8 cm³/mol. The average molecular weight is 362 g/mol. The standard InChI is InChI=1S/C21H30O5/c1-13-7-8-17-15(3)19(23-11-5-6-14(2)22)24-18-12-20(4)10-9-16(13)21(17,18)26-25-20/h13,15-19H,7-12H2,1-4H3/t13-,15-,16?,17?,18-,19?,20+,21-/m1/s1. The molecule has 5 fully saturated rings. The summed E-state index contributed by atoms with van der Waals surface area (Å²) in [5.74, 6) is 6.81. The van der Waals surface area contributed by atoms with E-state index in [0.29, 0.717) is 17.8 Å². The SMILES string of the molecule is CC(=O)C#CCOC1O[C@@H]2C[C@]3(C)CCC4[C@H](C)CCC([C@H]1C)[C@]42OO3. The molecule has 5 aliphatic rings. The Morgan fingerprint density at radius 2 is 2.00 bits per heavy atom. The Balaban J connectivity index is 1.60. The summed E-state index contributed by atoms with van der Waals surface area (Å²) in [7, 11) is 0. The molecule has 3 heterocycles. The van der Waals surface area contributed by atoms with Crippen LogP contribution in [0.25, 0.3) is 0 Å². The zero-order valence-electron chi connectivity index (χ0n) is 16.2. The van der Waals surface area contributed by atoms with E-state index in [1.54, 1.807) is 0 Å². The van der Waals surface area contributed by atoms with E-state index in [1.165, 1.54) is 13.3 Å². The fourth-order valence-corrected chi connectivity index (χ4v) is 5.90. The molecule has 5 heteroatoms. The van der Waals surface area contributed by atoms with Crippen LogP contribution in [0.3, 0.4) is 0 Å². The highest BCUT2D eigenvalue weighted by atomic mass is 17.2. The zero-order chi connectivity index (χ0) is 18.5. The van der Waals surface area contributed by atoms with Gasteiger partial charge in [-0.15, -0.1) is 0 Å². The number of fused-ring (bicyclic) bond motifs is 2. The molecule has 2 bridgehead atoms. The van der Waals surface area contributed by atoms with Gasteiger partial charge >= 0.3 is 0 Å². The number of carbonyl (C=O) groups excluding carboxylic acids is 1. The van der Waals surface area contributed by atoms with Crippen molar-refractivity contribution < 1.29 is 24.0 Å². The van der Waals surface area contributed by atoms with Gasteiger partial charge in [0.05, 0.1) is 6.10 Å². The van der Waals surface area contributed by atoms with Gasteiger partial charge in [0.1, 0.15) is 17.8 Å². The Morgan fingerprint density at radius 1 is 1.19 bits per heavy atom. The number of Topliss-reactive ketones (excluding diaryl/α,β-unsaturated/α-hetero) is 1. The van der Waals surface area contributed by atoms with Crippen molar-refractivity contribution >= 4 is 5.78 Å². The Labute approximate surface area is 156 Å². The maximum Gasteiger partial charge on any atom is 0.202 e. The third-order valence-corrected chi connectivity index (χ3v) is 7.22. The van der Waals surface area contributed by atoms with Crippen LogP contribution in [0.15, 0.2) is 0 Å². The summed E-state index contributed by atoms with van der Waals surface area (Å²) < 4.78 is 12.4. The van der Waals surface area contributed by atoms with Crippen LogP contribution < -0.4 is 0 Å². The zero-order valence-corrected chi connectivity index (χ0v) is 16.2. The highest BCUT2D eigenvalue weighted by molar-refractivity contribution is 5.93. The van der Waals surface area contributed by atoms with Crippen LogP contribution in [0.4, 0.5) is 0 Å². The van der Waals surface area contributed by atoms with E-state index in [-0.39, 0.29) is 41.9 Å².